The Balaban J connectivity index is 1.17. The summed E-state index contributed by atoms with van der Waals surface area (Å²) in [5, 5.41) is 5.12. The van der Waals surface area contributed by atoms with Gasteiger partial charge in [-0.25, -0.2) is 4.39 Å². The summed E-state index contributed by atoms with van der Waals surface area (Å²) in [6.07, 6.45) is 6.98. The maximum absolute atomic E-state index is 14.5. The molecular weight excluding hydrogens is 477 g/mol. The van der Waals surface area contributed by atoms with Crippen LogP contribution in [0.25, 0.3) is 21.8 Å². The van der Waals surface area contributed by atoms with Gasteiger partial charge in [0.1, 0.15) is 5.82 Å². The Morgan fingerprint density at radius 3 is 2.83 bits per heavy atom. The van der Waals surface area contributed by atoms with Gasteiger partial charge in [-0.15, -0.1) is 0 Å². The van der Waals surface area contributed by atoms with Gasteiger partial charge >= 0.3 is 0 Å². The van der Waals surface area contributed by atoms with Crippen LogP contribution in [0.15, 0.2) is 67.1 Å². The van der Waals surface area contributed by atoms with E-state index in [-0.39, 0.29) is 12.5 Å². The molecule has 1 saturated heterocycles. The number of nitrogens with zero attached hydrogens (tertiary/aromatic N) is 3. The van der Waals surface area contributed by atoms with Crippen molar-refractivity contribution in [1.29, 1.82) is 0 Å². The molecular formula is C28H23ClFN5O. The number of nitrogens with one attached hydrogen (secondary N) is 2. The average Bonchev–Trinajstić information content (AvgIpc) is 3.20. The molecule has 1 aliphatic rings. The smallest absolute Gasteiger partial charge is 0.251 e. The van der Waals surface area contributed by atoms with E-state index in [0.29, 0.717) is 28.1 Å². The first-order chi connectivity index (χ1) is 17.5. The van der Waals surface area contributed by atoms with Gasteiger partial charge in [0, 0.05) is 71.6 Å². The highest BCUT2D eigenvalue weighted by Crippen LogP contribution is 2.26. The van der Waals surface area contributed by atoms with Gasteiger partial charge in [0.15, 0.2) is 0 Å². The number of H-pyrrole nitrogens is 1. The number of hydrogen-bond acceptors (Lipinski definition) is 4. The first kappa shape index (κ1) is 22.5. The summed E-state index contributed by atoms with van der Waals surface area (Å²) in [7, 11) is 0. The van der Waals surface area contributed by atoms with Gasteiger partial charge in [0.2, 0.25) is 0 Å². The summed E-state index contributed by atoms with van der Waals surface area (Å²) in [5.41, 5.74) is 5.44. The van der Waals surface area contributed by atoms with E-state index in [2.05, 4.69) is 37.3 Å². The van der Waals surface area contributed by atoms with Crippen molar-refractivity contribution in [3.63, 3.8) is 0 Å². The van der Waals surface area contributed by atoms with E-state index >= 15 is 0 Å². The van der Waals surface area contributed by atoms with Crippen LogP contribution in [0.3, 0.4) is 0 Å². The van der Waals surface area contributed by atoms with E-state index in [1.54, 1.807) is 30.6 Å². The molecule has 8 heteroatoms. The predicted octanol–water partition coefficient (Wildman–Crippen LogP) is 5.63. The molecule has 0 radical (unpaired) electrons. The van der Waals surface area contributed by atoms with E-state index in [9.17, 15) is 9.18 Å². The number of carbonyl (C=O) groups is 1. The minimum atomic E-state index is -0.403. The predicted molar refractivity (Wildman–Crippen MR) is 140 cm³/mol. The number of pyridine rings is 2. The molecule has 180 valence electrons. The summed E-state index contributed by atoms with van der Waals surface area (Å²) in [4.78, 5) is 27.1. The first-order valence-corrected chi connectivity index (χ1v) is 12.2. The average molecular weight is 500 g/mol. The molecule has 0 unspecified atom stereocenters. The summed E-state index contributed by atoms with van der Waals surface area (Å²) >= 11 is 6.15. The van der Waals surface area contributed by atoms with Gasteiger partial charge in [-0.1, -0.05) is 17.7 Å². The van der Waals surface area contributed by atoms with Gasteiger partial charge in [-0.05, 0) is 54.4 Å². The van der Waals surface area contributed by atoms with E-state index in [1.807, 2.05) is 18.3 Å². The van der Waals surface area contributed by atoms with Crippen LogP contribution < -0.4 is 10.2 Å². The fraction of sp³-hybridized carbons (Fsp3) is 0.179. The van der Waals surface area contributed by atoms with E-state index in [0.717, 1.165) is 46.3 Å². The molecule has 36 heavy (non-hydrogen) atoms. The van der Waals surface area contributed by atoms with Gasteiger partial charge in [-0.3, -0.25) is 14.8 Å². The number of aromatic amines is 1. The van der Waals surface area contributed by atoms with Crippen molar-refractivity contribution in [3.05, 3.63) is 100 Å². The van der Waals surface area contributed by atoms with Crippen molar-refractivity contribution in [3.8, 4) is 0 Å². The number of halogens is 2. The number of aromatic nitrogens is 3. The zero-order valence-electron chi connectivity index (χ0n) is 19.4. The van der Waals surface area contributed by atoms with Crippen LogP contribution in [0.1, 0.15) is 33.6 Å². The van der Waals surface area contributed by atoms with Crippen molar-refractivity contribution < 1.29 is 9.18 Å². The lowest BCUT2D eigenvalue weighted by atomic mass is 10.0. The van der Waals surface area contributed by atoms with Gasteiger partial charge in [0.05, 0.1) is 22.4 Å². The lowest BCUT2D eigenvalue weighted by Crippen LogP contribution is -2.36. The van der Waals surface area contributed by atoms with E-state index in [1.165, 1.54) is 12.5 Å². The molecule has 6 rings (SSSR count). The minimum Gasteiger partial charge on any atom is -0.370 e. The third-order valence-corrected chi connectivity index (χ3v) is 6.97. The minimum absolute atomic E-state index is 0.0524. The molecule has 1 amide bonds. The Morgan fingerprint density at radius 1 is 1.11 bits per heavy atom. The monoisotopic (exact) mass is 499 g/mol. The number of benzene rings is 2. The van der Waals surface area contributed by atoms with Gasteiger partial charge in [0.25, 0.3) is 5.91 Å². The number of rotatable bonds is 6. The molecule has 4 heterocycles. The molecule has 1 fully saturated rings. The zero-order chi connectivity index (χ0) is 24.6. The molecule has 3 aromatic heterocycles. The second-order valence-corrected chi connectivity index (χ2v) is 9.49. The normalized spacial score (nSPS) is 13.2. The Bertz CT molecular complexity index is 1610. The molecule has 0 spiro atoms. The molecule has 0 saturated carbocycles. The number of amides is 1. The second kappa shape index (κ2) is 9.24. The Morgan fingerprint density at radius 2 is 2.00 bits per heavy atom. The topological polar surface area (TPSA) is 73.9 Å². The van der Waals surface area contributed by atoms with Gasteiger partial charge in [-0.2, -0.15) is 0 Å². The maximum Gasteiger partial charge on any atom is 0.251 e. The van der Waals surface area contributed by atoms with E-state index < -0.39 is 5.82 Å². The van der Waals surface area contributed by atoms with Crippen molar-refractivity contribution in [2.24, 2.45) is 0 Å². The second-order valence-electron chi connectivity index (χ2n) is 9.08. The largest absolute Gasteiger partial charge is 0.370 e. The van der Waals surface area contributed by atoms with Crippen LogP contribution in [0, 0.1) is 5.82 Å². The van der Waals surface area contributed by atoms with Crippen molar-refractivity contribution >= 4 is 45.0 Å². The Labute approximate surface area is 212 Å². The molecule has 2 aromatic carbocycles. The highest BCUT2D eigenvalue weighted by molar-refractivity contribution is 6.35. The summed E-state index contributed by atoms with van der Waals surface area (Å²) in [5.74, 6) is -0.694. The summed E-state index contributed by atoms with van der Waals surface area (Å²) < 4.78 is 14.5. The van der Waals surface area contributed by atoms with Crippen LogP contribution >= 0.6 is 11.6 Å². The molecule has 5 aromatic rings. The van der Waals surface area contributed by atoms with Crippen LogP contribution in [0.5, 0.6) is 0 Å². The molecule has 0 atom stereocenters. The SMILES string of the molecule is O=C(NCc1cc2c(Cl)c[nH]c2cc1F)c1ccnc(Cc2ccc3ncc(N4CCC4)cc3c2)c1. The third-order valence-electron chi connectivity index (χ3n) is 6.65. The first-order valence-electron chi connectivity index (χ1n) is 11.9. The standard InChI is InChI=1S/C28H23ClFN5O/c29-24-16-33-27-13-25(30)20(12-23(24)27)14-34-28(36)18-4-5-31-21(10-18)9-17-2-3-26-19(8-17)11-22(15-32-26)35-6-1-7-35/h2-5,8,10-13,15-16,33H,1,6-7,9,14H2,(H,34,36). The van der Waals surface area contributed by atoms with Crippen LogP contribution in [0.2, 0.25) is 5.02 Å². The van der Waals surface area contributed by atoms with E-state index in [4.69, 9.17) is 11.6 Å². The van der Waals surface area contributed by atoms with Crippen molar-refractivity contribution in [1.82, 2.24) is 20.3 Å². The molecule has 0 bridgehead atoms. The van der Waals surface area contributed by atoms with Crippen molar-refractivity contribution in [2.45, 2.75) is 19.4 Å². The lowest BCUT2D eigenvalue weighted by molar-refractivity contribution is 0.0950. The molecule has 0 aliphatic carbocycles. The number of hydrogen-bond donors (Lipinski definition) is 2. The summed E-state index contributed by atoms with van der Waals surface area (Å²) in [6.45, 7) is 2.20. The number of fused-ring (bicyclic) bond motifs is 2. The highest BCUT2D eigenvalue weighted by atomic mass is 35.5. The number of carbonyl (C=O) groups excluding carboxylic acids is 1. The summed E-state index contributed by atoms with van der Waals surface area (Å²) in [6, 6.07) is 14.8. The Hall–Kier alpha value is -3.97. The fourth-order valence-electron chi connectivity index (χ4n) is 4.52. The lowest BCUT2D eigenvalue weighted by Gasteiger charge is -2.32. The molecule has 1 aliphatic heterocycles. The van der Waals surface area contributed by atoms with Crippen LogP contribution in [-0.4, -0.2) is 33.9 Å². The fourth-order valence-corrected chi connectivity index (χ4v) is 4.73. The maximum atomic E-state index is 14.5. The third kappa shape index (κ3) is 4.38. The quantitative estimate of drug-likeness (QED) is 0.317. The van der Waals surface area contributed by atoms with Gasteiger partial charge < -0.3 is 15.2 Å². The Kier molecular flexibility index (Phi) is 5.77. The molecule has 2 N–H and O–H groups in total. The number of anilines is 1. The van der Waals surface area contributed by atoms with Crippen LogP contribution in [0.4, 0.5) is 10.1 Å². The zero-order valence-corrected chi connectivity index (χ0v) is 20.1. The highest BCUT2D eigenvalue weighted by Gasteiger charge is 2.15. The van der Waals surface area contributed by atoms with Crippen LogP contribution in [-0.2, 0) is 13.0 Å². The van der Waals surface area contributed by atoms with Crippen molar-refractivity contribution in [2.75, 3.05) is 18.0 Å². The molecule has 6 nitrogen and oxygen atoms in total.